The van der Waals surface area contributed by atoms with Crippen LogP contribution in [-0.4, -0.2) is 27.9 Å². The number of thiocarbonyl (C=S) groups is 1. The molecule has 0 radical (unpaired) electrons. The Balaban J connectivity index is 2.21. The fourth-order valence-corrected chi connectivity index (χ4v) is 3.69. The Hall–Kier alpha value is -1.10. The average Bonchev–Trinajstić information content (AvgIpc) is 2.72. The summed E-state index contributed by atoms with van der Waals surface area (Å²) >= 11 is 5.21. The van der Waals surface area contributed by atoms with Crippen molar-refractivity contribution in [1.82, 2.24) is 9.78 Å². The molecule has 4 nitrogen and oxygen atoms in total. The first-order valence-corrected chi connectivity index (χ1v) is 7.92. The quantitative estimate of drug-likeness (QED) is 0.868. The summed E-state index contributed by atoms with van der Waals surface area (Å²) in [5.74, 6) is 1.97. The SMILES string of the molecule is CCC1CCC(N(C)c2c(C(N)=S)c(C)nn2C)CC1. The number of hydrogen-bond donors (Lipinski definition) is 1. The van der Waals surface area contributed by atoms with Gasteiger partial charge in [-0.15, -0.1) is 0 Å². The molecule has 0 saturated heterocycles. The second-order valence-corrected chi connectivity index (χ2v) is 6.41. The van der Waals surface area contributed by atoms with Gasteiger partial charge >= 0.3 is 0 Å². The molecule has 0 spiro atoms. The standard InChI is InChI=1S/C15H26N4S/c1-5-11-6-8-12(9-7-11)18(3)15-13(14(16)20)10(2)17-19(15)4/h11-12H,5-9H2,1-4H3,(H2,16,20). The molecule has 1 aliphatic rings. The largest absolute Gasteiger partial charge is 0.389 e. The van der Waals surface area contributed by atoms with E-state index in [1.54, 1.807) is 0 Å². The van der Waals surface area contributed by atoms with E-state index in [2.05, 4.69) is 24.0 Å². The Morgan fingerprint density at radius 2 is 2.00 bits per heavy atom. The van der Waals surface area contributed by atoms with Gasteiger partial charge in [-0.25, -0.2) is 0 Å². The van der Waals surface area contributed by atoms with Crippen LogP contribution >= 0.6 is 12.2 Å². The minimum atomic E-state index is 0.444. The Morgan fingerprint density at radius 3 is 2.50 bits per heavy atom. The zero-order valence-corrected chi connectivity index (χ0v) is 13.8. The molecule has 1 saturated carbocycles. The van der Waals surface area contributed by atoms with Gasteiger partial charge in [-0.1, -0.05) is 25.6 Å². The zero-order valence-electron chi connectivity index (χ0n) is 13.0. The van der Waals surface area contributed by atoms with Crippen LogP contribution in [0, 0.1) is 12.8 Å². The predicted molar refractivity (Wildman–Crippen MR) is 88.3 cm³/mol. The lowest BCUT2D eigenvalue weighted by atomic mass is 9.84. The van der Waals surface area contributed by atoms with Crippen molar-refractivity contribution in [3.8, 4) is 0 Å². The molecule has 1 heterocycles. The lowest BCUT2D eigenvalue weighted by Gasteiger charge is -2.36. The third-order valence-corrected chi connectivity index (χ3v) is 4.92. The van der Waals surface area contributed by atoms with Gasteiger partial charge in [0, 0.05) is 20.1 Å². The van der Waals surface area contributed by atoms with Crippen LogP contribution in [0.3, 0.4) is 0 Å². The third-order valence-electron chi connectivity index (χ3n) is 4.71. The highest BCUT2D eigenvalue weighted by molar-refractivity contribution is 7.80. The summed E-state index contributed by atoms with van der Waals surface area (Å²) < 4.78 is 1.91. The van der Waals surface area contributed by atoms with E-state index in [4.69, 9.17) is 18.0 Å². The van der Waals surface area contributed by atoms with Crippen LogP contribution < -0.4 is 10.6 Å². The first-order valence-electron chi connectivity index (χ1n) is 7.51. The molecule has 2 N–H and O–H groups in total. The van der Waals surface area contributed by atoms with E-state index >= 15 is 0 Å². The van der Waals surface area contributed by atoms with E-state index in [-0.39, 0.29) is 0 Å². The van der Waals surface area contributed by atoms with Crippen LogP contribution in [0.25, 0.3) is 0 Å². The number of anilines is 1. The number of hydrogen-bond acceptors (Lipinski definition) is 3. The van der Waals surface area contributed by atoms with Crippen molar-refractivity contribution in [2.75, 3.05) is 11.9 Å². The van der Waals surface area contributed by atoms with Gasteiger partial charge in [-0.2, -0.15) is 5.10 Å². The van der Waals surface area contributed by atoms with Crippen molar-refractivity contribution in [2.24, 2.45) is 18.7 Å². The minimum absolute atomic E-state index is 0.444. The van der Waals surface area contributed by atoms with E-state index in [0.29, 0.717) is 11.0 Å². The summed E-state index contributed by atoms with van der Waals surface area (Å²) in [6, 6.07) is 0.570. The summed E-state index contributed by atoms with van der Waals surface area (Å²) in [6.07, 6.45) is 6.45. The Kier molecular flexibility index (Phi) is 4.68. The zero-order chi connectivity index (χ0) is 14.9. The average molecular weight is 294 g/mol. The van der Waals surface area contributed by atoms with Gasteiger partial charge in [-0.3, -0.25) is 4.68 Å². The number of rotatable bonds is 4. The van der Waals surface area contributed by atoms with Crippen molar-refractivity contribution in [2.45, 2.75) is 52.0 Å². The van der Waals surface area contributed by atoms with Crippen molar-refractivity contribution >= 4 is 23.0 Å². The van der Waals surface area contributed by atoms with Crippen LogP contribution in [0.1, 0.15) is 50.3 Å². The fourth-order valence-electron chi connectivity index (χ4n) is 3.45. The highest BCUT2D eigenvalue weighted by atomic mass is 32.1. The van der Waals surface area contributed by atoms with Crippen LogP contribution in [0.15, 0.2) is 0 Å². The molecular formula is C15H26N4S. The van der Waals surface area contributed by atoms with Crippen molar-refractivity contribution in [1.29, 1.82) is 0 Å². The predicted octanol–water partition coefficient (Wildman–Crippen LogP) is 2.77. The lowest BCUT2D eigenvalue weighted by Crippen LogP contribution is -2.37. The van der Waals surface area contributed by atoms with Gasteiger partial charge in [0.15, 0.2) is 0 Å². The second-order valence-electron chi connectivity index (χ2n) is 5.97. The third kappa shape index (κ3) is 2.82. The van der Waals surface area contributed by atoms with Crippen molar-refractivity contribution in [3.63, 3.8) is 0 Å². The van der Waals surface area contributed by atoms with Gasteiger partial charge in [-0.05, 0) is 38.5 Å². The molecule has 0 aliphatic heterocycles. The minimum Gasteiger partial charge on any atom is -0.389 e. The molecular weight excluding hydrogens is 268 g/mol. The van der Waals surface area contributed by atoms with Crippen molar-refractivity contribution < 1.29 is 0 Å². The van der Waals surface area contributed by atoms with Crippen molar-refractivity contribution in [3.05, 3.63) is 11.3 Å². The first-order chi connectivity index (χ1) is 9.45. The van der Waals surface area contributed by atoms with Gasteiger partial charge < -0.3 is 10.6 Å². The first kappa shape index (κ1) is 15.3. The topological polar surface area (TPSA) is 47.1 Å². The van der Waals surface area contributed by atoms with Gasteiger partial charge in [0.25, 0.3) is 0 Å². The molecule has 1 aliphatic carbocycles. The maximum Gasteiger partial charge on any atom is 0.137 e. The molecule has 0 aromatic carbocycles. The summed E-state index contributed by atoms with van der Waals surface area (Å²) in [7, 11) is 4.12. The van der Waals surface area contributed by atoms with Crippen LogP contribution in [-0.2, 0) is 7.05 Å². The summed E-state index contributed by atoms with van der Waals surface area (Å²) in [4.78, 5) is 2.78. The summed E-state index contributed by atoms with van der Waals surface area (Å²) in [5, 5.41) is 4.49. The second kappa shape index (κ2) is 6.12. The summed E-state index contributed by atoms with van der Waals surface area (Å²) in [6.45, 7) is 4.27. The molecule has 0 atom stereocenters. The number of nitrogens with two attached hydrogens (primary N) is 1. The maximum absolute atomic E-state index is 5.89. The molecule has 1 aromatic rings. The number of aryl methyl sites for hydroxylation is 2. The molecule has 1 fully saturated rings. The van der Waals surface area contributed by atoms with E-state index in [0.717, 1.165) is 23.0 Å². The highest BCUT2D eigenvalue weighted by Gasteiger charge is 2.27. The number of nitrogens with zero attached hydrogens (tertiary/aromatic N) is 3. The Labute approximate surface area is 127 Å². The van der Waals surface area contributed by atoms with E-state index in [1.165, 1.54) is 32.1 Å². The van der Waals surface area contributed by atoms with Crippen LogP contribution in [0.4, 0.5) is 5.82 Å². The van der Waals surface area contributed by atoms with Crippen LogP contribution in [0.5, 0.6) is 0 Å². The smallest absolute Gasteiger partial charge is 0.137 e. The molecule has 20 heavy (non-hydrogen) atoms. The van der Waals surface area contributed by atoms with Gasteiger partial charge in [0.05, 0.1) is 11.3 Å². The molecule has 0 bridgehead atoms. The number of aromatic nitrogens is 2. The molecule has 0 unspecified atom stereocenters. The van der Waals surface area contributed by atoms with Crippen LogP contribution in [0.2, 0.25) is 0 Å². The van der Waals surface area contributed by atoms with E-state index in [9.17, 15) is 0 Å². The fraction of sp³-hybridized carbons (Fsp3) is 0.733. The molecule has 0 amide bonds. The molecule has 1 aromatic heterocycles. The highest BCUT2D eigenvalue weighted by Crippen LogP contribution is 2.32. The Bertz CT molecular complexity index is 486. The van der Waals surface area contributed by atoms with Gasteiger partial charge in [0.2, 0.25) is 0 Å². The normalized spacial score (nSPS) is 22.8. The summed E-state index contributed by atoms with van der Waals surface area (Å²) in [5.41, 5.74) is 7.74. The maximum atomic E-state index is 5.89. The van der Waals surface area contributed by atoms with E-state index in [1.807, 2.05) is 18.7 Å². The molecule has 5 heteroatoms. The van der Waals surface area contributed by atoms with E-state index < -0.39 is 0 Å². The monoisotopic (exact) mass is 294 g/mol. The lowest BCUT2D eigenvalue weighted by molar-refractivity contribution is 0.312. The molecule has 112 valence electrons. The van der Waals surface area contributed by atoms with Gasteiger partial charge in [0.1, 0.15) is 10.8 Å². The molecule has 2 rings (SSSR count). The Morgan fingerprint density at radius 1 is 1.40 bits per heavy atom.